The predicted molar refractivity (Wildman–Crippen MR) is 148 cm³/mol. The van der Waals surface area contributed by atoms with Gasteiger partial charge in [0.2, 0.25) is 5.91 Å². The summed E-state index contributed by atoms with van der Waals surface area (Å²) >= 11 is 0. The molecule has 8 atom stereocenters. The average molecular weight is 519 g/mol. The minimum Gasteiger partial charge on any atom is -0.356 e. The number of carbonyl (C=O) groups excluding carboxylic acids is 3. The van der Waals surface area contributed by atoms with Gasteiger partial charge in [-0.3, -0.25) is 14.4 Å². The summed E-state index contributed by atoms with van der Waals surface area (Å²) in [7, 11) is 0. The first kappa shape index (κ1) is 27.4. The SMILES string of the molecule is CCNC(=O)[C@H]1C[C@]2(C)C(C(=O)C=C3[C@@]4(C)C=C(C#N)C(=O)C(C)(C)[C@@H]4CC[C@]32C)C2CC(C)(C)CCC21. The second-order valence-corrected chi connectivity index (χ2v) is 15.2. The molecule has 5 heteroatoms. The van der Waals surface area contributed by atoms with Crippen molar-refractivity contribution in [2.45, 2.75) is 93.9 Å². The maximum Gasteiger partial charge on any atom is 0.223 e. The molecule has 5 nitrogen and oxygen atoms in total. The molecule has 5 aliphatic rings. The summed E-state index contributed by atoms with van der Waals surface area (Å²) < 4.78 is 0. The zero-order valence-electron chi connectivity index (χ0n) is 24.7. The number of hydrogen-bond donors (Lipinski definition) is 1. The van der Waals surface area contributed by atoms with Gasteiger partial charge in [0.15, 0.2) is 11.6 Å². The van der Waals surface area contributed by atoms with Crippen molar-refractivity contribution in [3.8, 4) is 6.07 Å². The Balaban J connectivity index is 1.70. The average Bonchev–Trinajstić information content (AvgIpc) is 2.82. The van der Waals surface area contributed by atoms with Gasteiger partial charge in [-0.05, 0) is 85.5 Å². The fourth-order valence-corrected chi connectivity index (χ4v) is 10.5. The quantitative estimate of drug-likeness (QED) is 0.472. The van der Waals surface area contributed by atoms with Crippen molar-refractivity contribution in [1.82, 2.24) is 5.32 Å². The lowest BCUT2D eigenvalue weighted by molar-refractivity contribution is -0.170. The third kappa shape index (κ3) is 3.44. The van der Waals surface area contributed by atoms with Crippen molar-refractivity contribution in [2.75, 3.05) is 6.54 Å². The van der Waals surface area contributed by atoms with Crippen LogP contribution in [0.2, 0.25) is 0 Å². The second kappa shape index (κ2) is 8.39. The van der Waals surface area contributed by atoms with Gasteiger partial charge in [-0.1, -0.05) is 60.1 Å². The third-order valence-corrected chi connectivity index (χ3v) is 12.4. The molecule has 0 aromatic heterocycles. The van der Waals surface area contributed by atoms with Crippen LogP contribution >= 0.6 is 0 Å². The van der Waals surface area contributed by atoms with Gasteiger partial charge < -0.3 is 5.32 Å². The maximum absolute atomic E-state index is 14.4. The number of ketones is 2. The van der Waals surface area contributed by atoms with Crippen LogP contribution in [0.4, 0.5) is 0 Å². The standard InChI is InChI=1S/C33H46N2O3/c1-9-35-28(38)22-17-33(8)26(21-16-29(2,3)12-10-20(21)22)23(36)14-25-31(6)15-19(18-34)27(37)30(4,5)24(31)11-13-32(25,33)7/h14-15,20-22,24,26H,9-13,16-17H2,1-8H3,(H,35,38)/t20?,21?,22-,24-,26?,31-,32+,33+/m0/s1. The Morgan fingerprint density at radius 1 is 1.03 bits per heavy atom. The van der Waals surface area contributed by atoms with Crippen LogP contribution in [-0.2, 0) is 14.4 Å². The third-order valence-electron chi connectivity index (χ3n) is 12.4. The summed E-state index contributed by atoms with van der Waals surface area (Å²) in [4.78, 5) is 41.2. The van der Waals surface area contributed by atoms with E-state index < -0.39 is 10.8 Å². The molecular formula is C33H46N2O3. The highest BCUT2D eigenvalue weighted by Gasteiger charge is 2.69. The molecule has 0 aromatic carbocycles. The smallest absolute Gasteiger partial charge is 0.223 e. The summed E-state index contributed by atoms with van der Waals surface area (Å²) in [5, 5.41) is 13.0. The number of allylic oxidation sites excluding steroid dienone is 4. The Hall–Kier alpha value is -2.22. The molecule has 3 saturated carbocycles. The normalized spacial score (nSPS) is 44.8. The Bertz CT molecular complexity index is 1200. The highest BCUT2D eigenvalue weighted by molar-refractivity contribution is 6.04. The zero-order valence-corrected chi connectivity index (χ0v) is 24.7. The van der Waals surface area contributed by atoms with Crippen molar-refractivity contribution >= 4 is 17.5 Å². The molecule has 0 spiro atoms. The number of hydrogen-bond acceptors (Lipinski definition) is 4. The van der Waals surface area contributed by atoms with Crippen LogP contribution in [0, 0.1) is 68.0 Å². The molecule has 3 unspecified atom stereocenters. The summed E-state index contributed by atoms with van der Waals surface area (Å²) in [5.41, 5.74) is -0.452. The predicted octanol–water partition coefficient (Wildman–Crippen LogP) is 6.20. The van der Waals surface area contributed by atoms with Crippen LogP contribution in [0.15, 0.2) is 23.3 Å². The molecule has 0 heterocycles. The van der Waals surface area contributed by atoms with E-state index in [0.717, 1.165) is 37.7 Å². The first-order valence-corrected chi connectivity index (χ1v) is 14.8. The van der Waals surface area contributed by atoms with Crippen molar-refractivity contribution in [3.63, 3.8) is 0 Å². The van der Waals surface area contributed by atoms with Crippen molar-refractivity contribution in [1.29, 1.82) is 5.26 Å². The van der Waals surface area contributed by atoms with E-state index in [4.69, 9.17) is 0 Å². The molecule has 0 aliphatic heterocycles. The molecule has 1 amide bonds. The van der Waals surface area contributed by atoms with E-state index in [1.165, 1.54) is 0 Å². The molecule has 0 saturated heterocycles. The fraction of sp³-hybridized carbons (Fsp3) is 0.758. The Morgan fingerprint density at radius 3 is 2.34 bits per heavy atom. The van der Waals surface area contributed by atoms with Crippen LogP contribution in [-0.4, -0.2) is 24.0 Å². The summed E-state index contributed by atoms with van der Waals surface area (Å²) in [6.45, 7) is 17.9. The van der Waals surface area contributed by atoms with Gasteiger partial charge in [0, 0.05) is 29.2 Å². The molecule has 38 heavy (non-hydrogen) atoms. The molecule has 0 radical (unpaired) electrons. The zero-order chi connectivity index (χ0) is 28.1. The van der Waals surface area contributed by atoms with Crippen LogP contribution in [0.25, 0.3) is 0 Å². The van der Waals surface area contributed by atoms with Crippen molar-refractivity contribution in [2.24, 2.45) is 56.7 Å². The Morgan fingerprint density at radius 2 is 1.71 bits per heavy atom. The number of amides is 1. The van der Waals surface area contributed by atoms with E-state index in [1.54, 1.807) is 0 Å². The molecule has 206 valence electrons. The number of Topliss-reactive ketones (excluding diaryl/α,β-unsaturated/α-hetero) is 1. The fourth-order valence-electron chi connectivity index (χ4n) is 10.5. The summed E-state index contributed by atoms with van der Waals surface area (Å²) in [5.74, 6) is 0.502. The van der Waals surface area contributed by atoms with Gasteiger partial charge in [-0.2, -0.15) is 5.26 Å². The van der Waals surface area contributed by atoms with Crippen LogP contribution in [0.1, 0.15) is 93.9 Å². The van der Waals surface area contributed by atoms with E-state index in [2.05, 4.69) is 46.0 Å². The highest BCUT2D eigenvalue weighted by Crippen LogP contribution is 2.73. The molecular weight excluding hydrogens is 472 g/mol. The molecule has 0 bridgehead atoms. The first-order chi connectivity index (χ1) is 17.6. The van der Waals surface area contributed by atoms with Gasteiger partial charge in [0.1, 0.15) is 6.07 Å². The topological polar surface area (TPSA) is 87.0 Å². The number of fused-ring (bicyclic) bond motifs is 7. The van der Waals surface area contributed by atoms with Crippen molar-refractivity contribution < 1.29 is 14.4 Å². The number of nitrogens with one attached hydrogen (secondary N) is 1. The van der Waals surface area contributed by atoms with Gasteiger partial charge in [0.05, 0.1) is 5.57 Å². The molecule has 0 aromatic rings. The molecule has 3 fully saturated rings. The van der Waals surface area contributed by atoms with Crippen molar-refractivity contribution in [3.05, 3.63) is 23.3 Å². The van der Waals surface area contributed by atoms with Crippen LogP contribution in [0.5, 0.6) is 0 Å². The van der Waals surface area contributed by atoms with Gasteiger partial charge in [-0.15, -0.1) is 0 Å². The lowest BCUT2D eigenvalue weighted by Crippen LogP contribution is -2.65. The summed E-state index contributed by atoms with van der Waals surface area (Å²) in [6.07, 6.45) is 9.35. The van der Waals surface area contributed by atoms with E-state index in [1.807, 2.05) is 32.9 Å². The minimum absolute atomic E-state index is 0.0241. The van der Waals surface area contributed by atoms with Gasteiger partial charge >= 0.3 is 0 Å². The number of nitriles is 1. The lowest BCUT2D eigenvalue weighted by Gasteiger charge is -2.68. The van der Waals surface area contributed by atoms with E-state index in [0.29, 0.717) is 13.0 Å². The summed E-state index contributed by atoms with van der Waals surface area (Å²) in [6, 6.07) is 2.18. The molecule has 1 N–H and O–H groups in total. The van der Waals surface area contributed by atoms with E-state index in [9.17, 15) is 19.6 Å². The van der Waals surface area contributed by atoms with Crippen LogP contribution < -0.4 is 5.32 Å². The number of carbonyl (C=O) groups is 3. The Labute approximate surface area is 228 Å². The highest BCUT2D eigenvalue weighted by atomic mass is 16.2. The Kier molecular flexibility index (Phi) is 6.04. The lowest BCUT2D eigenvalue weighted by atomic mass is 9.35. The monoisotopic (exact) mass is 518 g/mol. The number of nitrogens with zero attached hydrogens (tertiary/aromatic N) is 1. The largest absolute Gasteiger partial charge is 0.356 e. The van der Waals surface area contributed by atoms with E-state index >= 15 is 0 Å². The molecule has 5 aliphatic carbocycles. The maximum atomic E-state index is 14.4. The first-order valence-electron chi connectivity index (χ1n) is 14.8. The van der Waals surface area contributed by atoms with Crippen LogP contribution in [0.3, 0.4) is 0 Å². The van der Waals surface area contributed by atoms with Gasteiger partial charge in [0.25, 0.3) is 0 Å². The van der Waals surface area contributed by atoms with E-state index in [-0.39, 0.29) is 68.9 Å². The van der Waals surface area contributed by atoms with Gasteiger partial charge in [-0.25, -0.2) is 0 Å². The number of rotatable bonds is 2. The molecule has 5 rings (SSSR count). The minimum atomic E-state index is -0.674. The second-order valence-electron chi connectivity index (χ2n) is 15.2.